The van der Waals surface area contributed by atoms with E-state index < -0.39 is 5.97 Å². The molecule has 0 heterocycles. The standard InChI is InChI=1S/C14H13NO3/c1-9-8-10(16)6-7-12(9)15-13-5-3-2-4-11(13)14(17)18/h2-8,15-16H,1H3,(H,17,18). The maximum atomic E-state index is 11.1. The maximum absolute atomic E-state index is 11.1. The molecule has 0 spiro atoms. The lowest BCUT2D eigenvalue weighted by Gasteiger charge is -2.12. The van der Waals surface area contributed by atoms with Gasteiger partial charge in [-0.05, 0) is 42.8 Å². The molecule has 0 amide bonds. The molecule has 92 valence electrons. The monoisotopic (exact) mass is 243 g/mol. The molecule has 0 aromatic heterocycles. The Morgan fingerprint density at radius 3 is 2.50 bits per heavy atom. The molecule has 3 N–H and O–H groups in total. The molecule has 0 bridgehead atoms. The van der Waals surface area contributed by atoms with Crippen LogP contribution >= 0.6 is 0 Å². The minimum absolute atomic E-state index is 0.185. The lowest BCUT2D eigenvalue weighted by Crippen LogP contribution is -2.02. The summed E-state index contributed by atoms with van der Waals surface area (Å²) in [6, 6.07) is 11.6. The van der Waals surface area contributed by atoms with Crippen LogP contribution in [0.3, 0.4) is 0 Å². The first-order valence-electron chi connectivity index (χ1n) is 5.47. The fourth-order valence-corrected chi connectivity index (χ4v) is 1.71. The molecule has 0 radical (unpaired) electrons. The van der Waals surface area contributed by atoms with E-state index >= 15 is 0 Å². The summed E-state index contributed by atoms with van der Waals surface area (Å²) in [7, 11) is 0. The molecular weight excluding hydrogens is 230 g/mol. The van der Waals surface area contributed by atoms with Gasteiger partial charge in [-0.1, -0.05) is 12.1 Å². The number of phenols is 1. The van der Waals surface area contributed by atoms with Gasteiger partial charge in [0, 0.05) is 5.69 Å². The number of aromatic hydroxyl groups is 1. The third-order valence-electron chi connectivity index (χ3n) is 2.64. The van der Waals surface area contributed by atoms with Crippen molar-refractivity contribution in [2.75, 3.05) is 5.32 Å². The van der Waals surface area contributed by atoms with E-state index in [1.54, 1.807) is 42.5 Å². The molecule has 2 aromatic rings. The summed E-state index contributed by atoms with van der Waals surface area (Å²) in [5, 5.41) is 21.5. The molecule has 0 saturated heterocycles. The first kappa shape index (κ1) is 12.0. The molecule has 4 heteroatoms. The second-order valence-electron chi connectivity index (χ2n) is 3.97. The highest BCUT2D eigenvalue weighted by Gasteiger charge is 2.09. The molecule has 18 heavy (non-hydrogen) atoms. The van der Waals surface area contributed by atoms with Crippen molar-refractivity contribution < 1.29 is 15.0 Å². The second-order valence-corrected chi connectivity index (χ2v) is 3.97. The van der Waals surface area contributed by atoms with Gasteiger partial charge < -0.3 is 15.5 Å². The second kappa shape index (κ2) is 4.79. The number of hydrogen-bond acceptors (Lipinski definition) is 3. The van der Waals surface area contributed by atoms with Gasteiger partial charge in [0.1, 0.15) is 5.75 Å². The number of phenolic OH excluding ortho intramolecular Hbond substituents is 1. The first-order valence-corrected chi connectivity index (χ1v) is 5.47. The average Bonchev–Trinajstić information content (AvgIpc) is 2.33. The normalized spacial score (nSPS) is 10.1. The minimum Gasteiger partial charge on any atom is -0.508 e. The van der Waals surface area contributed by atoms with E-state index in [1.807, 2.05) is 6.92 Å². The fraction of sp³-hybridized carbons (Fsp3) is 0.0714. The van der Waals surface area contributed by atoms with Crippen molar-refractivity contribution in [3.8, 4) is 5.75 Å². The lowest BCUT2D eigenvalue weighted by molar-refractivity contribution is 0.0698. The molecule has 2 rings (SSSR count). The molecule has 2 aromatic carbocycles. The fourth-order valence-electron chi connectivity index (χ4n) is 1.71. The quantitative estimate of drug-likeness (QED) is 0.724. The minimum atomic E-state index is -0.977. The van der Waals surface area contributed by atoms with Crippen LogP contribution in [0.15, 0.2) is 42.5 Å². The molecule has 0 aliphatic rings. The largest absolute Gasteiger partial charge is 0.508 e. The lowest BCUT2D eigenvalue weighted by atomic mass is 10.1. The van der Waals surface area contributed by atoms with Gasteiger partial charge in [0.25, 0.3) is 0 Å². The molecule has 0 aliphatic carbocycles. The van der Waals surface area contributed by atoms with Crippen LogP contribution in [0.5, 0.6) is 5.75 Å². The predicted octanol–water partition coefficient (Wildman–Crippen LogP) is 3.14. The highest BCUT2D eigenvalue weighted by molar-refractivity contribution is 5.95. The third kappa shape index (κ3) is 2.43. The number of carboxylic acid groups (broad SMARTS) is 1. The summed E-state index contributed by atoms with van der Waals surface area (Å²) in [5.74, 6) is -0.792. The molecule has 0 atom stereocenters. The Morgan fingerprint density at radius 1 is 1.11 bits per heavy atom. The Bertz CT molecular complexity index is 593. The Labute approximate surface area is 105 Å². The van der Waals surface area contributed by atoms with E-state index in [2.05, 4.69) is 5.32 Å². The van der Waals surface area contributed by atoms with Crippen LogP contribution in [-0.4, -0.2) is 16.2 Å². The van der Waals surface area contributed by atoms with Gasteiger partial charge in [0.15, 0.2) is 0 Å². The summed E-state index contributed by atoms with van der Waals surface area (Å²) < 4.78 is 0. The number of carboxylic acids is 1. The first-order chi connectivity index (χ1) is 8.58. The van der Waals surface area contributed by atoms with Gasteiger partial charge in [0.05, 0.1) is 11.3 Å². The van der Waals surface area contributed by atoms with Crippen LogP contribution in [0.25, 0.3) is 0 Å². The van der Waals surface area contributed by atoms with Crippen molar-refractivity contribution in [2.24, 2.45) is 0 Å². The van der Waals surface area contributed by atoms with Crippen molar-refractivity contribution in [1.82, 2.24) is 0 Å². The van der Waals surface area contributed by atoms with Gasteiger partial charge in [-0.2, -0.15) is 0 Å². The van der Waals surface area contributed by atoms with Crippen LogP contribution in [-0.2, 0) is 0 Å². The summed E-state index contributed by atoms with van der Waals surface area (Å²) in [4.78, 5) is 11.1. The summed E-state index contributed by atoms with van der Waals surface area (Å²) in [6.45, 7) is 1.84. The zero-order valence-corrected chi connectivity index (χ0v) is 9.84. The van der Waals surface area contributed by atoms with E-state index in [4.69, 9.17) is 5.11 Å². The SMILES string of the molecule is Cc1cc(O)ccc1Nc1ccccc1C(=O)O. The number of anilines is 2. The van der Waals surface area contributed by atoms with Crippen molar-refractivity contribution >= 4 is 17.3 Å². The Morgan fingerprint density at radius 2 is 1.83 bits per heavy atom. The molecule has 0 unspecified atom stereocenters. The third-order valence-corrected chi connectivity index (χ3v) is 2.64. The number of aromatic carboxylic acids is 1. The maximum Gasteiger partial charge on any atom is 0.337 e. The van der Waals surface area contributed by atoms with Gasteiger partial charge >= 0.3 is 5.97 Å². The smallest absolute Gasteiger partial charge is 0.337 e. The van der Waals surface area contributed by atoms with Crippen LogP contribution in [0.1, 0.15) is 15.9 Å². The highest BCUT2D eigenvalue weighted by Crippen LogP contribution is 2.25. The van der Waals surface area contributed by atoms with E-state index in [1.165, 1.54) is 0 Å². The van der Waals surface area contributed by atoms with E-state index in [0.717, 1.165) is 11.3 Å². The highest BCUT2D eigenvalue weighted by atomic mass is 16.4. The molecule has 0 aliphatic heterocycles. The van der Waals surface area contributed by atoms with Gasteiger partial charge in [-0.25, -0.2) is 4.79 Å². The molecule has 4 nitrogen and oxygen atoms in total. The number of carbonyl (C=O) groups is 1. The van der Waals surface area contributed by atoms with E-state index in [9.17, 15) is 9.90 Å². The number of rotatable bonds is 3. The Balaban J connectivity index is 2.37. The topological polar surface area (TPSA) is 69.6 Å². The van der Waals surface area contributed by atoms with Crippen LogP contribution in [0.2, 0.25) is 0 Å². The number of benzene rings is 2. The van der Waals surface area contributed by atoms with Gasteiger partial charge in [-0.3, -0.25) is 0 Å². The van der Waals surface area contributed by atoms with Crippen molar-refractivity contribution in [2.45, 2.75) is 6.92 Å². The summed E-state index contributed by atoms with van der Waals surface area (Å²) in [6.07, 6.45) is 0. The Kier molecular flexibility index (Phi) is 3.19. The summed E-state index contributed by atoms with van der Waals surface area (Å²) >= 11 is 0. The molecule has 0 saturated carbocycles. The zero-order chi connectivity index (χ0) is 13.1. The van der Waals surface area contributed by atoms with Crippen molar-refractivity contribution in [3.05, 3.63) is 53.6 Å². The number of hydrogen-bond donors (Lipinski definition) is 3. The number of aryl methyl sites for hydroxylation is 1. The van der Waals surface area contributed by atoms with Crippen LogP contribution < -0.4 is 5.32 Å². The van der Waals surface area contributed by atoms with E-state index in [-0.39, 0.29) is 11.3 Å². The van der Waals surface area contributed by atoms with Crippen molar-refractivity contribution in [3.63, 3.8) is 0 Å². The van der Waals surface area contributed by atoms with Gasteiger partial charge in [-0.15, -0.1) is 0 Å². The van der Waals surface area contributed by atoms with Gasteiger partial charge in [0.2, 0.25) is 0 Å². The van der Waals surface area contributed by atoms with Crippen LogP contribution in [0.4, 0.5) is 11.4 Å². The zero-order valence-electron chi connectivity index (χ0n) is 9.84. The average molecular weight is 243 g/mol. The Hall–Kier alpha value is -2.49. The number of nitrogens with one attached hydrogen (secondary N) is 1. The predicted molar refractivity (Wildman–Crippen MR) is 69.5 cm³/mol. The molecule has 0 fully saturated rings. The van der Waals surface area contributed by atoms with E-state index in [0.29, 0.717) is 5.69 Å². The van der Waals surface area contributed by atoms with Crippen LogP contribution in [0, 0.1) is 6.92 Å². The molecular formula is C14H13NO3. The number of para-hydroxylation sites is 1. The van der Waals surface area contributed by atoms with Crippen molar-refractivity contribution in [1.29, 1.82) is 0 Å². The summed E-state index contributed by atoms with van der Waals surface area (Å²) in [5.41, 5.74) is 2.35.